The molecule has 2 aromatic heterocycles. The van der Waals surface area contributed by atoms with E-state index in [1.54, 1.807) is 0 Å². The van der Waals surface area contributed by atoms with Crippen LogP contribution in [-0.4, -0.2) is 23.3 Å². The van der Waals surface area contributed by atoms with Crippen molar-refractivity contribution in [2.45, 2.75) is 38.4 Å². The van der Waals surface area contributed by atoms with Gasteiger partial charge in [-0.25, -0.2) is 0 Å². The predicted molar refractivity (Wildman–Crippen MR) is 207 cm³/mol. The molecule has 6 heteroatoms. The summed E-state index contributed by atoms with van der Waals surface area (Å²) in [4.78, 5) is 3.57. The van der Waals surface area contributed by atoms with E-state index in [1.165, 1.54) is 58.8 Å². The molecule has 1 N–H and O–H groups in total. The predicted octanol–water partition coefficient (Wildman–Crippen LogP) is 11.3. The first-order valence-electron chi connectivity index (χ1n) is 16.4. The molecule has 0 amide bonds. The van der Waals surface area contributed by atoms with E-state index in [2.05, 4.69) is 169 Å². The summed E-state index contributed by atoms with van der Waals surface area (Å²) in [6.45, 7) is 6.50. The van der Waals surface area contributed by atoms with Crippen molar-refractivity contribution in [3.63, 3.8) is 0 Å². The Morgan fingerprint density at radius 2 is 1.42 bits per heavy atom. The van der Waals surface area contributed by atoms with Crippen molar-refractivity contribution in [1.29, 1.82) is 0 Å². The van der Waals surface area contributed by atoms with Crippen LogP contribution in [0.4, 0.5) is 0 Å². The molecule has 0 aliphatic carbocycles. The van der Waals surface area contributed by atoms with E-state index in [9.17, 15) is 0 Å². The summed E-state index contributed by atoms with van der Waals surface area (Å²) in [5.74, 6) is 0. The minimum Gasteiger partial charge on any atom is -0.399 e. The van der Waals surface area contributed by atoms with Crippen LogP contribution >= 0.6 is 27.3 Å². The third-order valence-corrected chi connectivity index (χ3v) is 12.0. The Morgan fingerprint density at radius 3 is 2.31 bits per heavy atom. The number of hydrogen-bond donors (Lipinski definition) is 1. The second-order valence-corrected chi connectivity index (χ2v) is 15.6. The minimum absolute atomic E-state index is 0.466. The van der Waals surface area contributed by atoms with Gasteiger partial charge in [-0.15, -0.1) is 11.3 Å². The maximum absolute atomic E-state index is 6.92. The van der Waals surface area contributed by atoms with Crippen LogP contribution in [0.3, 0.4) is 0 Å². The van der Waals surface area contributed by atoms with Gasteiger partial charge in [-0.2, -0.15) is 0 Å². The van der Waals surface area contributed by atoms with Gasteiger partial charge in [0.15, 0.2) is 0 Å². The number of fused-ring (bicyclic) bond motifs is 6. The van der Waals surface area contributed by atoms with Crippen LogP contribution in [0.5, 0.6) is 0 Å². The molecule has 6 aromatic carbocycles. The highest BCUT2D eigenvalue weighted by atomic mass is 79.9. The van der Waals surface area contributed by atoms with Crippen molar-refractivity contribution in [1.82, 2.24) is 4.98 Å². The van der Waals surface area contributed by atoms with E-state index in [-0.39, 0.29) is 0 Å². The van der Waals surface area contributed by atoms with Gasteiger partial charge >= 0.3 is 7.12 Å². The topological polar surface area (TPSA) is 34.2 Å². The first kappa shape index (κ1) is 29.9. The normalized spacial score (nSPS) is 17.7. The van der Waals surface area contributed by atoms with Crippen LogP contribution in [0.15, 0.2) is 132 Å². The summed E-state index contributed by atoms with van der Waals surface area (Å²) in [5, 5.41) is 5.06. The number of rotatable bonds is 5. The molecule has 3 nitrogen and oxygen atoms in total. The molecular weight excluding hydrogens is 673 g/mol. The van der Waals surface area contributed by atoms with Gasteiger partial charge in [0, 0.05) is 47.4 Å². The fourth-order valence-electron chi connectivity index (χ4n) is 7.38. The Kier molecular flexibility index (Phi) is 6.96. The lowest BCUT2D eigenvalue weighted by Gasteiger charge is -2.36. The summed E-state index contributed by atoms with van der Waals surface area (Å²) in [6, 6.07) is 45.8. The molecule has 1 fully saturated rings. The quantitative estimate of drug-likeness (QED) is 0.181. The molecule has 1 unspecified atom stereocenters. The zero-order valence-electron chi connectivity index (χ0n) is 27.0. The fraction of sp³-hybridized carbons (Fsp3) is 0.143. The monoisotopic (exact) mass is 705 g/mol. The third kappa shape index (κ3) is 4.85. The van der Waals surface area contributed by atoms with Crippen molar-refractivity contribution < 1.29 is 9.31 Å². The lowest BCUT2D eigenvalue weighted by atomic mass is 9.77. The zero-order valence-corrected chi connectivity index (χ0v) is 29.4. The summed E-state index contributed by atoms with van der Waals surface area (Å²) >= 11 is 5.69. The summed E-state index contributed by atoms with van der Waals surface area (Å²) in [7, 11) is -0.466. The average molecular weight is 707 g/mol. The number of halogens is 1. The number of nitrogens with one attached hydrogen (secondary N) is 1. The molecule has 48 heavy (non-hydrogen) atoms. The van der Waals surface area contributed by atoms with Gasteiger partial charge in [-0.1, -0.05) is 97.1 Å². The van der Waals surface area contributed by atoms with Crippen molar-refractivity contribution in [3.05, 3.63) is 137 Å². The number of hydrogen-bond acceptors (Lipinski definition) is 3. The van der Waals surface area contributed by atoms with Crippen LogP contribution in [0.1, 0.15) is 26.3 Å². The van der Waals surface area contributed by atoms with Crippen LogP contribution in [-0.2, 0) is 15.7 Å². The zero-order chi connectivity index (χ0) is 32.6. The fourth-order valence-corrected chi connectivity index (χ4v) is 9.07. The van der Waals surface area contributed by atoms with E-state index in [4.69, 9.17) is 9.31 Å². The van der Waals surface area contributed by atoms with E-state index in [0.717, 1.165) is 27.4 Å². The lowest BCUT2D eigenvalue weighted by Crippen LogP contribution is -2.46. The van der Waals surface area contributed by atoms with Crippen LogP contribution in [0.25, 0.3) is 64.2 Å². The first-order chi connectivity index (χ1) is 23.3. The van der Waals surface area contributed by atoms with E-state index in [0.29, 0.717) is 0 Å². The lowest BCUT2D eigenvalue weighted by molar-refractivity contribution is -0.00876. The van der Waals surface area contributed by atoms with Gasteiger partial charge in [-0.05, 0) is 100 Å². The highest BCUT2D eigenvalue weighted by Gasteiger charge is 2.54. The van der Waals surface area contributed by atoms with Crippen LogP contribution in [0.2, 0.25) is 0 Å². The Labute approximate surface area is 292 Å². The van der Waals surface area contributed by atoms with Crippen molar-refractivity contribution in [2.75, 3.05) is 0 Å². The second-order valence-electron chi connectivity index (χ2n) is 13.6. The molecule has 0 saturated carbocycles. The molecule has 8 aromatic rings. The van der Waals surface area contributed by atoms with Gasteiger partial charge in [-0.3, -0.25) is 0 Å². The Balaban J connectivity index is 1.03. The molecule has 1 saturated heterocycles. The Morgan fingerprint density at radius 1 is 0.667 bits per heavy atom. The maximum Gasteiger partial charge on any atom is 0.494 e. The molecular formula is C42H33BBrNO2S. The first-order valence-corrected chi connectivity index (χ1v) is 18.0. The number of benzene rings is 6. The molecule has 234 valence electrons. The van der Waals surface area contributed by atoms with Gasteiger partial charge in [0.25, 0.3) is 0 Å². The maximum atomic E-state index is 6.92. The molecule has 1 aliphatic rings. The van der Waals surface area contributed by atoms with E-state index >= 15 is 0 Å². The molecule has 9 rings (SSSR count). The summed E-state index contributed by atoms with van der Waals surface area (Å²) in [5.41, 5.74) is 8.22. The molecule has 0 radical (unpaired) electrons. The highest BCUT2D eigenvalue weighted by molar-refractivity contribution is 9.10. The van der Waals surface area contributed by atoms with Crippen LogP contribution in [0, 0.1) is 0 Å². The number of thiophene rings is 1. The third-order valence-electron chi connectivity index (χ3n) is 10.3. The van der Waals surface area contributed by atoms with Gasteiger partial charge in [0.05, 0.1) is 16.7 Å². The number of aromatic amines is 1. The molecule has 3 heterocycles. The van der Waals surface area contributed by atoms with Crippen molar-refractivity contribution in [2.24, 2.45) is 0 Å². The smallest absolute Gasteiger partial charge is 0.399 e. The SMILES string of the molecule is CC1(C)OB(c2cccc(-c3cccc4sc5ccccc5c34)c2)OC1(C)Cc1cccc(-c2cc(Br)c3[nH]c4ccccc4c3c2)c1. The van der Waals surface area contributed by atoms with Crippen molar-refractivity contribution in [3.8, 4) is 22.3 Å². The largest absolute Gasteiger partial charge is 0.494 e. The minimum atomic E-state index is -0.544. The van der Waals surface area contributed by atoms with Crippen LogP contribution < -0.4 is 5.46 Å². The number of para-hydroxylation sites is 1. The molecule has 1 aliphatic heterocycles. The highest BCUT2D eigenvalue weighted by Crippen LogP contribution is 2.42. The van der Waals surface area contributed by atoms with E-state index in [1.807, 2.05) is 11.3 Å². The molecule has 1 atom stereocenters. The van der Waals surface area contributed by atoms with Crippen molar-refractivity contribution >= 4 is 81.8 Å². The molecule has 0 bridgehead atoms. The summed E-state index contributed by atoms with van der Waals surface area (Å²) < 4.78 is 17.3. The standard InChI is InChI=1S/C42H33BBrNO2S/c1-41(2)42(3,25-26-11-8-12-27(21-26)29-23-34-32-15-4-6-18-36(32)45-40(34)35(44)24-29)47-43(46-41)30-14-9-13-28(22-30)31-17-10-20-38-39(31)33-16-5-7-19-37(33)48-38/h4-24,45H,25H2,1-3H3. The Hall–Kier alpha value is -4.20. The molecule has 0 spiro atoms. The number of aromatic nitrogens is 1. The Bertz CT molecular complexity index is 2530. The van der Waals surface area contributed by atoms with Gasteiger partial charge < -0.3 is 14.3 Å². The average Bonchev–Trinajstić information content (AvgIpc) is 3.74. The van der Waals surface area contributed by atoms with Gasteiger partial charge in [0.2, 0.25) is 0 Å². The summed E-state index contributed by atoms with van der Waals surface area (Å²) in [6.07, 6.45) is 0.723. The van der Waals surface area contributed by atoms with Gasteiger partial charge in [0.1, 0.15) is 0 Å². The number of H-pyrrole nitrogens is 1. The van der Waals surface area contributed by atoms with E-state index < -0.39 is 18.3 Å². The second kappa shape index (κ2) is 11.2.